The van der Waals surface area contributed by atoms with Crippen molar-refractivity contribution < 1.29 is 0 Å². The topological polar surface area (TPSA) is 0 Å². The van der Waals surface area contributed by atoms with E-state index in [9.17, 15) is 0 Å². The molecule has 0 spiro atoms. The highest BCUT2D eigenvalue weighted by Gasteiger charge is 2.27. The fourth-order valence-corrected chi connectivity index (χ4v) is 3.07. The fourth-order valence-electron chi connectivity index (χ4n) is 2.38. The van der Waals surface area contributed by atoms with E-state index in [1.54, 1.807) is 0 Å². The van der Waals surface area contributed by atoms with Crippen molar-refractivity contribution in [3.8, 4) is 0 Å². The zero-order valence-corrected chi connectivity index (χ0v) is 11.0. The largest absolute Gasteiger partial charge is 0.0825 e. The van der Waals surface area contributed by atoms with Gasteiger partial charge in [-0.25, -0.2) is 0 Å². The summed E-state index contributed by atoms with van der Waals surface area (Å²) < 4.78 is -0.0530. The lowest BCUT2D eigenvalue weighted by Gasteiger charge is -2.26. The smallest absolute Gasteiger partial charge is 0.0729 e. The highest BCUT2D eigenvalue weighted by atomic mass is 79.9. The second-order valence-electron chi connectivity index (χ2n) is 4.38. The summed E-state index contributed by atoms with van der Waals surface area (Å²) in [4.78, 5) is 0. The van der Waals surface area contributed by atoms with Gasteiger partial charge in [0.2, 0.25) is 0 Å². The van der Waals surface area contributed by atoms with E-state index in [2.05, 4.69) is 82.7 Å². The molecule has 0 saturated carbocycles. The van der Waals surface area contributed by atoms with Crippen LogP contribution in [0.1, 0.15) is 12.0 Å². The lowest BCUT2D eigenvalue weighted by molar-refractivity contribution is 0.805. The van der Waals surface area contributed by atoms with Crippen LogP contribution in [0, 0.1) is 0 Å². The van der Waals surface area contributed by atoms with Crippen LogP contribution in [0.4, 0.5) is 0 Å². The molecule has 2 aromatic carbocycles. The third-order valence-electron chi connectivity index (χ3n) is 3.26. The van der Waals surface area contributed by atoms with Crippen molar-refractivity contribution in [2.75, 3.05) is 0 Å². The average Bonchev–Trinajstić information content (AvgIpc) is 2.39. The number of fused-ring (bicyclic) bond motifs is 1. The van der Waals surface area contributed by atoms with Gasteiger partial charge >= 0.3 is 0 Å². The highest BCUT2D eigenvalue weighted by Crippen LogP contribution is 2.41. The fraction of sp³-hybridized carbons (Fsp3) is 0.125. The van der Waals surface area contributed by atoms with E-state index in [1.165, 1.54) is 16.3 Å². The second kappa shape index (κ2) is 4.15. The first-order valence-electron chi connectivity index (χ1n) is 5.81. The van der Waals surface area contributed by atoms with Gasteiger partial charge in [0.15, 0.2) is 0 Å². The van der Waals surface area contributed by atoms with Crippen molar-refractivity contribution in [1.82, 2.24) is 0 Å². The number of hydrogen-bond acceptors (Lipinski definition) is 0. The van der Waals surface area contributed by atoms with Gasteiger partial charge in [0.25, 0.3) is 0 Å². The minimum absolute atomic E-state index is 0.0530. The number of rotatable bonds is 1. The summed E-state index contributed by atoms with van der Waals surface area (Å²) >= 11 is 3.89. The Balaban J connectivity index is 2.24. The maximum Gasteiger partial charge on any atom is 0.0729 e. The number of hydrogen-bond donors (Lipinski definition) is 0. The molecule has 17 heavy (non-hydrogen) atoms. The molecule has 1 atom stereocenters. The summed E-state index contributed by atoms with van der Waals surface area (Å²) in [5.41, 5.74) is 1.34. The highest BCUT2D eigenvalue weighted by molar-refractivity contribution is 9.09. The Kier molecular flexibility index (Phi) is 2.64. The summed E-state index contributed by atoms with van der Waals surface area (Å²) in [6, 6.07) is 15.1. The van der Waals surface area contributed by atoms with Crippen molar-refractivity contribution in [1.29, 1.82) is 0 Å². The van der Waals surface area contributed by atoms with Crippen LogP contribution in [-0.2, 0) is 4.32 Å². The molecular weight excluding hydrogens is 272 g/mol. The van der Waals surface area contributed by atoms with E-state index in [-0.39, 0.29) is 4.32 Å². The van der Waals surface area contributed by atoms with Crippen LogP contribution in [0.2, 0.25) is 0 Å². The molecule has 0 aromatic heterocycles. The Morgan fingerprint density at radius 3 is 2.59 bits per heavy atom. The van der Waals surface area contributed by atoms with Crippen molar-refractivity contribution in [2.24, 2.45) is 0 Å². The molecule has 1 aliphatic carbocycles. The Labute approximate surface area is 110 Å². The van der Waals surface area contributed by atoms with Crippen LogP contribution in [0.3, 0.4) is 0 Å². The molecule has 0 amide bonds. The van der Waals surface area contributed by atoms with Crippen LogP contribution in [-0.4, -0.2) is 0 Å². The summed E-state index contributed by atoms with van der Waals surface area (Å²) in [7, 11) is 0. The summed E-state index contributed by atoms with van der Waals surface area (Å²) in [5, 5.41) is 2.62. The third-order valence-corrected chi connectivity index (χ3v) is 4.28. The molecule has 0 nitrogen and oxygen atoms in total. The van der Waals surface area contributed by atoms with Gasteiger partial charge < -0.3 is 0 Å². The Hall–Kier alpha value is -1.34. The molecule has 0 heterocycles. The van der Waals surface area contributed by atoms with Crippen molar-refractivity contribution in [3.05, 3.63) is 72.3 Å². The molecule has 0 saturated heterocycles. The van der Waals surface area contributed by atoms with E-state index in [1.807, 2.05) is 0 Å². The SMILES string of the molecule is BrC1(c2cccc3ccccc23)C=CC=CC1. The number of benzene rings is 2. The first-order chi connectivity index (χ1) is 8.30. The molecule has 84 valence electrons. The van der Waals surface area contributed by atoms with Crippen molar-refractivity contribution in [3.63, 3.8) is 0 Å². The van der Waals surface area contributed by atoms with Gasteiger partial charge in [0.1, 0.15) is 0 Å². The standard InChI is InChI=1S/C16H13Br/c17-16(11-4-1-5-12-16)15-10-6-8-13-7-2-3-9-14(13)15/h1-11H,12H2. The molecule has 1 unspecified atom stereocenters. The third kappa shape index (κ3) is 1.85. The summed E-state index contributed by atoms with van der Waals surface area (Å²) in [6.45, 7) is 0. The van der Waals surface area contributed by atoms with Gasteiger partial charge in [-0.3, -0.25) is 0 Å². The monoisotopic (exact) mass is 284 g/mol. The van der Waals surface area contributed by atoms with E-state index in [0.29, 0.717) is 0 Å². The van der Waals surface area contributed by atoms with E-state index in [0.717, 1.165) is 6.42 Å². The first-order valence-corrected chi connectivity index (χ1v) is 6.60. The molecular formula is C16H13Br. The lowest BCUT2D eigenvalue weighted by atomic mass is 9.88. The Morgan fingerprint density at radius 1 is 0.941 bits per heavy atom. The van der Waals surface area contributed by atoms with E-state index in [4.69, 9.17) is 0 Å². The van der Waals surface area contributed by atoms with Crippen LogP contribution in [0.15, 0.2) is 66.8 Å². The van der Waals surface area contributed by atoms with Crippen molar-refractivity contribution >= 4 is 26.7 Å². The predicted octanol–water partition coefficient (Wildman–Crippen LogP) is 4.95. The molecule has 0 radical (unpaired) electrons. The Bertz CT molecular complexity index is 604. The predicted molar refractivity (Wildman–Crippen MR) is 77.5 cm³/mol. The van der Waals surface area contributed by atoms with Crippen LogP contribution < -0.4 is 0 Å². The van der Waals surface area contributed by atoms with Gasteiger partial charge in [-0.05, 0) is 22.8 Å². The van der Waals surface area contributed by atoms with Gasteiger partial charge in [-0.2, -0.15) is 0 Å². The molecule has 0 bridgehead atoms. The number of alkyl halides is 1. The molecule has 1 heteroatoms. The molecule has 0 fully saturated rings. The maximum atomic E-state index is 3.89. The van der Waals surface area contributed by atoms with E-state index < -0.39 is 0 Å². The summed E-state index contributed by atoms with van der Waals surface area (Å²) in [6.07, 6.45) is 9.65. The maximum absolute atomic E-state index is 3.89. The number of halogens is 1. The van der Waals surface area contributed by atoms with Gasteiger partial charge in [0, 0.05) is 0 Å². The van der Waals surface area contributed by atoms with Crippen LogP contribution in [0.25, 0.3) is 10.8 Å². The van der Waals surface area contributed by atoms with Gasteiger partial charge in [-0.15, -0.1) is 0 Å². The second-order valence-corrected chi connectivity index (χ2v) is 5.80. The van der Waals surface area contributed by atoms with Crippen molar-refractivity contribution in [2.45, 2.75) is 10.7 Å². The summed E-state index contributed by atoms with van der Waals surface area (Å²) in [5.74, 6) is 0. The molecule has 1 aliphatic rings. The zero-order valence-electron chi connectivity index (χ0n) is 9.44. The van der Waals surface area contributed by atoms with Gasteiger partial charge in [0.05, 0.1) is 4.32 Å². The molecule has 0 aliphatic heterocycles. The van der Waals surface area contributed by atoms with E-state index >= 15 is 0 Å². The van der Waals surface area contributed by atoms with Gasteiger partial charge in [-0.1, -0.05) is 82.7 Å². The molecule has 3 rings (SSSR count). The Morgan fingerprint density at radius 2 is 1.76 bits per heavy atom. The van der Waals surface area contributed by atoms with Crippen LogP contribution >= 0.6 is 15.9 Å². The number of allylic oxidation sites excluding steroid dienone is 4. The molecule has 0 N–H and O–H groups in total. The molecule has 2 aromatic rings. The average molecular weight is 285 g/mol. The minimum atomic E-state index is -0.0530. The zero-order chi connectivity index (χ0) is 11.7. The normalized spacial score (nSPS) is 23.1. The lowest BCUT2D eigenvalue weighted by Crippen LogP contribution is -2.15. The first kappa shape index (κ1) is 10.8. The minimum Gasteiger partial charge on any atom is -0.0825 e. The quantitative estimate of drug-likeness (QED) is 0.650. The van der Waals surface area contributed by atoms with Crippen LogP contribution in [0.5, 0.6) is 0 Å².